The lowest BCUT2D eigenvalue weighted by molar-refractivity contribution is -0.120. The van der Waals surface area contributed by atoms with Gasteiger partial charge in [0, 0.05) is 17.7 Å². The van der Waals surface area contributed by atoms with Gasteiger partial charge in [-0.25, -0.2) is 0 Å². The van der Waals surface area contributed by atoms with E-state index in [1.54, 1.807) is 31.6 Å². The van der Waals surface area contributed by atoms with E-state index in [0.29, 0.717) is 23.4 Å². The monoisotopic (exact) mass is 384 g/mol. The van der Waals surface area contributed by atoms with Gasteiger partial charge in [-0.2, -0.15) is 0 Å². The number of nitrogens with zero attached hydrogens (tertiary/aromatic N) is 1. The van der Waals surface area contributed by atoms with Crippen molar-refractivity contribution >= 4 is 11.7 Å². The quantitative estimate of drug-likeness (QED) is 0.707. The Morgan fingerprint density at radius 1 is 1.21 bits per heavy atom. The SMILES string of the molecule is COc1ccc(C(C)=O)cc1CC(=O)NCC(c1ccco1)N1CCCCC1. The van der Waals surface area contributed by atoms with Gasteiger partial charge in [0.1, 0.15) is 11.5 Å². The number of ether oxygens (including phenoxy) is 1. The van der Waals surface area contributed by atoms with Crippen molar-refractivity contribution in [2.24, 2.45) is 0 Å². The van der Waals surface area contributed by atoms with Gasteiger partial charge in [-0.1, -0.05) is 6.42 Å². The minimum absolute atomic E-state index is 0.0321. The van der Waals surface area contributed by atoms with Crippen molar-refractivity contribution < 1.29 is 18.7 Å². The molecule has 1 unspecified atom stereocenters. The molecule has 28 heavy (non-hydrogen) atoms. The Hall–Kier alpha value is -2.60. The third-order valence-corrected chi connectivity index (χ3v) is 5.23. The molecule has 1 aromatic heterocycles. The lowest BCUT2D eigenvalue weighted by Gasteiger charge is -2.33. The largest absolute Gasteiger partial charge is 0.496 e. The van der Waals surface area contributed by atoms with E-state index < -0.39 is 0 Å². The lowest BCUT2D eigenvalue weighted by atomic mass is 10.0. The highest BCUT2D eigenvalue weighted by Crippen LogP contribution is 2.25. The Balaban J connectivity index is 1.66. The highest BCUT2D eigenvalue weighted by Gasteiger charge is 2.25. The van der Waals surface area contributed by atoms with Crippen LogP contribution in [0.15, 0.2) is 41.0 Å². The van der Waals surface area contributed by atoms with Gasteiger partial charge >= 0.3 is 0 Å². The molecule has 6 nitrogen and oxygen atoms in total. The minimum Gasteiger partial charge on any atom is -0.496 e. The van der Waals surface area contributed by atoms with E-state index in [-0.39, 0.29) is 24.2 Å². The van der Waals surface area contributed by atoms with Gasteiger partial charge in [0.15, 0.2) is 5.78 Å². The summed E-state index contributed by atoms with van der Waals surface area (Å²) in [5.74, 6) is 1.34. The van der Waals surface area contributed by atoms with Crippen molar-refractivity contribution in [1.82, 2.24) is 10.2 Å². The lowest BCUT2D eigenvalue weighted by Crippen LogP contribution is -2.40. The molecule has 1 atom stereocenters. The minimum atomic E-state index is -0.104. The van der Waals surface area contributed by atoms with E-state index in [4.69, 9.17) is 9.15 Å². The molecule has 6 heteroatoms. The van der Waals surface area contributed by atoms with E-state index >= 15 is 0 Å². The van der Waals surface area contributed by atoms with Crippen LogP contribution in [0.5, 0.6) is 5.75 Å². The second-order valence-corrected chi connectivity index (χ2v) is 7.19. The van der Waals surface area contributed by atoms with Crippen molar-refractivity contribution in [3.05, 3.63) is 53.5 Å². The molecule has 0 radical (unpaired) electrons. The fraction of sp³-hybridized carbons (Fsp3) is 0.455. The number of piperidine rings is 1. The smallest absolute Gasteiger partial charge is 0.224 e. The van der Waals surface area contributed by atoms with Crippen molar-refractivity contribution in [1.29, 1.82) is 0 Å². The molecule has 1 aliphatic rings. The number of hydrogen-bond acceptors (Lipinski definition) is 5. The zero-order chi connectivity index (χ0) is 19.9. The molecule has 1 aliphatic heterocycles. The van der Waals surface area contributed by atoms with Gasteiger partial charge in [0.25, 0.3) is 0 Å². The molecular formula is C22H28N2O4. The maximum atomic E-state index is 12.6. The Morgan fingerprint density at radius 3 is 2.64 bits per heavy atom. The molecule has 1 saturated heterocycles. The molecule has 3 rings (SSSR count). The highest BCUT2D eigenvalue weighted by molar-refractivity contribution is 5.94. The summed E-state index contributed by atoms with van der Waals surface area (Å²) in [4.78, 5) is 26.6. The van der Waals surface area contributed by atoms with Gasteiger partial charge in [-0.15, -0.1) is 0 Å². The zero-order valence-electron chi connectivity index (χ0n) is 16.6. The van der Waals surface area contributed by atoms with Crippen LogP contribution in [0, 0.1) is 0 Å². The fourth-order valence-corrected chi connectivity index (χ4v) is 3.70. The summed E-state index contributed by atoms with van der Waals surface area (Å²) in [5, 5.41) is 3.04. The number of methoxy groups -OCH3 is 1. The van der Waals surface area contributed by atoms with Gasteiger partial charge < -0.3 is 14.5 Å². The zero-order valence-corrected chi connectivity index (χ0v) is 16.6. The van der Waals surface area contributed by atoms with Crippen LogP contribution in [0.1, 0.15) is 53.9 Å². The second kappa shape index (κ2) is 9.55. The number of nitrogens with one attached hydrogen (secondary N) is 1. The number of amides is 1. The Morgan fingerprint density at radius 2 is 2.00 bits per heavy atom. The molecule has 1 fully saturated rings. The predicted octanol–water partition coefficient (Wildman–Crippen LogP) is 3.38. The van der Waals surface area contributed by atoms with Crippen molar-refractivity contribution in [2.75, 3.05) is 26.7 Å². The molecule has 1 amide bonds. The normalized spacial score (nSPS) is 15.8. The molecule has 2 heterocycles. The summed E-state index contributed by atoms with van der Waals surface area (Å²) in [6.07, 6.45) is 5.42. The topological polar surface area (TPSA) is 71.8 Å². The number of ketones is 1. The third kappa shape index (κ3) is 5.01. The van der Waals surface area contributed by atoms with Crippen LogP contribution < -0.4 is 10.1 Å². The van der Waals surface area contributed by atoms with Crippen LogP contribution >= 0.6 is 0 Å². The predicted molar refractivity (Wildman–Crippen MR) is 107 cm³/mol. The van der Waals surface area contributed by atoms with Gasteiger partial charge in [0.05, 0.1) is 25.8 Å². The highest BCUT2D eigenvalue weighted by atomic mass is 16.5. The average Bonchev–Trinajstić information content (AvgIpc) is 3.23. The van der Waals surface area contributed by atoms with E-state index in [9.17, 15) is 9.59 Å². The Labute approximate surface area is 165 Å². The van der Waals surface area contributed by atoms with Crippen molar-refractivity contribution in [3.63, 3.8) is 0 Å². The summed E-state index contributed by atoms with van der Waals surface area (Å²) >= 11 is 0. The number of benzene rings is 1. The number of likely N-dealkylation sites (tertiary alicyclic amines) is 1. The van der Waals surface area contributed by atoms with Gasteiger partial charge in [-0.05, 0) is 63.2 Å². The summed E-state index contributed by atoms with van der Waals surface area (Å²) in [7, 11) is 1.56. The second-order valence-electron chi connectivity index (χ2n) is 7.19. The third-order valence-electron chi connectivity index (χ3n) is 5.23. The van der Waals surface area contributed by atoms with Crippen LogP contribution in [0.3, 0.4) is 0 Å². The van der Waals surface area contributed by atoms with Gasteiger partial charge in [-0.3, -0.25) is 14.5 Å². The molecule has 0 saturated carbocycles. The first kappa shape index (κ1) is 20.1. The molecule has 1 aromatic carbocycles. The summed E-state index contributed by atoms with van der Waals surface area (Å²) in [6, 6.07) is 9.06. The number of hydrogen-bond donors (Lipinski definition) is 1. The summed E-state index contributed by atoms with van der Waals surface area (Å²) in [5.41, 5.74) is 1.28. The molecule has 0 aliphatic carbocycles. The van der Waals surface area contributed by atoms with Crippen LogP contribution in [-0.4, -0.2) is 43.3 Å². The Bertz CT molecular complexity index is 795. The first-order valence-electron chi connectivity index (χ1n) is 9.80. The number of carbonyl (C=O) groups is 2. The van der Waals surface area contributed by atoms with Gasteiger partial charge in [0.2, 0.25) is 5.91 Å². The standard InChI is InChI=1S/C22H28N2O4/c1-16(25)17-8-9-20(27-2)18(13-17)14-22(26)23-15-19(21-7-6-12-28-21)24-10-4-3-5-11-24/h6-9,12-13,19H,3-5,10-11,14-15H2,1-2H3,(H,23,26). The van der Waals surface area contributed by atoms with Crippen LogP contribution in [0.4, 0.5) is 0 Å². The first-order chi connectivity index (χ1) is 13.6. The van der Waals surface area contributed by atoms with Crippen molar-refractivity contribution in [3.8, 4) is 5.75 Å². The number of rotatable bonds is 8. The molecule has 2 aromatic rings. The van der Waals surface area contributed by atoms with E-state index in [1.165, 1.54) is 26.2 Å². The van der Waals surface area contributed by atoms with E-state index in [2.05, 4.69) is 10.2 Å². The number of carbonyl (C=O) groups excluding carboxylic acids is 2. The molecule has 0 spiro atoms. The molecule has 1 N–H and O–H groups in total. The number of Topliss-reactive ketones (excluding diaryl/α,β-unsaturated/α-hetero) is 1. The average molecular weight is 384 g/mol. The molecule has 0 bridgehead atoms. The number of furan rings is 1. The molecular weight excluding hydrogens is 356 g/mol. The van der Waals surface area contributed by atoms with Crippen LogP contribution in [0.25, 0.3) is 0 Å². The first-order valence-corrected chi connectivity index (χ1v) is 9.80. The summed E-state index contributed by atoms with van der Waals surface area (Å²) in [6.45, 7) is 4.02. The fourth-order valence-electron chi connectivity index (χ4n) is 3.70. The maximum absolute atomic E-state index is 12.6. The summed E-state index contributed by atoms with van der Waals surface area (Å²) < 4.78 is 11.0. The maximum Gasteiger partial charge on any atom is 0.224 e. The van der Waals surface area contributed by atoms with Crippen LogP contribution in [-0.2, 0) is 11.2 Å². The van der Waals surface area contributed by atoms with Crippen molar-refractivity contribution in [2.45, 2.75) is 38.6 Å². The van der Waals surface area contributed by atoms with Crippen LogP contribution in [0.2, 0.25) is 0 Å². The van der Waals surface area contributed by atoms with E-state index in [1.807, 2.05) is 12.1 Å². The van der Waals surface area contributed by atoms with E-state index in [0.717, 1.165) is 18.8 Å². The molecule has 150 valence electrons. The Kier molecular flexibility index (Phi) is 6.87.